The summed E-state index contributed by atoms with van der Waals surface area (Å²) in [6.45, 7) is 6.39. The van der Waals surface area contributed by atoms with Crippen molar-refractivity contribution >= 4 is 18.8 Å². The van der Waals surface area contributed by atoms with Crippen LogP contribution in [-0.2, 0) is 16.5 Å². The Kier molecular flexibility index (Phi) is 23.5. The summed E-state index contributed by atoms with van der Waals surface area (Å²) in [5.41, 5.74) is 0. The van der Waals surface area contributed by atoms with Crippen LogP contribution in [0.3, 0.4) is 0 Å². The summed E-state index contributed by atoms with van der Waals surface area (Å²) in [6.07, 6.45) is 0. The molecule has 0 amide bonds. The zero-order valence-electron chi connectivity index (χ0n) is 4.99. The predicted molar refractivity (Wildman–Crippen MR) is 35.9 cm³/mol. The number of hydrogen-bond donors (Lipinski definition) is 1. The van der Waals surface area contributed by atoms with Crippen molar-refractivity contribution in [1.29, 1.82) is 0 Å². The van der Waals surface area contributed by atoms with E-state index in [1.165, 1.54) is 0 Å². The topological polar surface area (TPSA) is 12.0 Å². The van der Waals surface area contributed by atoms with Gasteiger partial charge in [0.25, 0.3) is 0 Å². The Morgan fingerprint density at radius 2 is 1.50 bits per heavy atom. The van der Waals surface area contributed by atoms with E-state index in [-0.39, 0.29) is 0 Å². The fourth-order valence-electron chi connectivity index (χ4n) is 0.250. The molecular formula is C4H11Cl2NPt. The maximum atomic E-state index is 4.88. The average Bonchev–Trinajstić information content (AvgIpc) is 1.71. The van der Waals surface area contributed by atoms with Crippen LogP contribution in [0.5, 0.6) is 0 Å². The molecule has 0 aromatic heterocycles. The first-order valence-electron chi connectivity index (χ1n) is 2.36. The van der Waals surface area contributed by atoms with Crippen molar-refractivity contribution < 1.29 is 16.5 Å². The Morgan fingerprint density at radius 3 is 1.50 bits per heavy atom. The molecule has 0 aliphatic carbocycles. The first-order chi connectivity index (χ1) is 3.83. The van der Waals surface area contributed by atoms with Gasteiger partial charge < -0.3 is 5.32 Å². The quantitative estimate of drug-likeness (QED) is 0.812. The number of halogens is 2. The second-order valence-corrected chi connectivity index (χ2v) is 4.29. The van der Waals surface area contributed by atoms with E-state index in [0.29, 0.717) is 0 Å². The van der Waals surface area contributed by atoms with Gasteiger partial charge in [-0.3, -0.25) is 0 Å². The van der Waals surface area contributed by atoms with Crippen LogP contribution in [-0.4, -0.2) is 13.1 Å². The summed E-state index contributed by atoms with van der Waals surface area (Å²) in [5, 5.41) is 3.11. The minimum atomic E-state index is -0.472. The van der Waals surface area contributed by atoms with Gasteiger partial charge in [-0.15, -0.1) is 0 Å². The Balaban J connectivity index is 0. The molecule has 4 heteroatoms. The zero-order chi connectivity index (χ0) is 6.83. The molecule has 0 aliphatic rings. The summed E-state index contributed by atoms with van der Waals surface area (Å²) < 4.78 is 0. The van der Waals surface area contributed by atoms with Gasteiger partial charge in [-0.05, 0) is 13.1 Å². The van der Waals surface area contributed by atoms with Crippen molar-refractivity contribution in [3.63, 3.8) is 0 Å². The van der Waals surface area contributed by atoms with Gasteiger partial charge in [-0.25, -0.2) is 0 Å². The van der Waals surface area contributed by atoms with E-state index in [1.807, 2.05) is 0 Å². The summed E-state index contributed by atoms with van der Waals surface area (Å²) in [7, 11) is 9.75. The van der Waals surface area contributed by atoms with Crippen LogP contribution in [0.1, 0.15) is 13.8 Å². The summed E-state index contributed by atoms with van der Waals surface area (Å²) in [4.78, 5) is 0. The molecule has 0 bridgehead atoms. The molecule has 0 heterocycles. The SMILES string of the molecule is CCNCC.[Cl][Pt][Cl]. The van der Waals surface area contributed by atoms with Crippen LogP contribution in [0.2, 0.25) is 0 Å². The van der Waals surface area contributed by atoms with Gasteiger partial charge in [0, 0.05) is 0 Å². The molecule has 0 aromatic rings. The Bertz CT molecular complexity index is 28.0. The van der Waals surface area contributed by atoms with Crippen molar-refractivity contribution in [2.24, 2.45) is 0 Å². The first-order valence-corrected chi connectivity index (χ1v) is 7.99. The monoisotopic (exact) mass is 338 g/mol. The normalized spacial score (nSPS) is 8.00. The molecular weight excluding hydrogens is 328 g/mol. The molecule has 0 spiro atoms. The van der Waals surface area contributed by atoms with Crippen LogP contribution >= 0.6 is 18.8 Å². The molecule has 0 fully saturated rings. The van der Waals surface area contributed by atoms with E-state index in [2.05, 4.69) is 19.2 Å². The van der Waals surface area contributed by atoms with Gasteiger partial charge in [0.05, 0.1) is 0 Å². The summed E-state index contributed by atoms with van der Waals surface area (Å²) >= 11 is -0.472. The third-order valence-electron chi connectivity index (χ3n) is 0.500. The van der Waals surface area contributed by atoms with Crippen LogP contribution in [0.4, 0.5) is 0 Å². The van der Waals surface area contributed by atoms with E-state index in [4.69, 9.17) is 18.8 Å². The van der Waals surface area contributed by atoms with Crippen molar-refractivity contribution in [1.82, 2.24) is 5.32 Å². The van der Waals surface area contributed by atoms with Crippen LogP contribution in [0, 0.1) is 0 Å². The first kappa shape index (κ1) is 12.0. The van der Waals surface area contributed by atoms with E-state index in [0.717, 1.165) is 13.1 Å². The number of nitrogens with one attached hydrogen (secondary N) is 1. The second kappa shape index (κ2) is 15.7. The van der Waals surface area contributed by atoms with Crippen molar-refractivity contribution in [3.8, 4) is 0 Å². The summed E-state index contributed by atoms with van der Waals surface area (Å²) in [6, 6.07) is 0. The molecule has 1 nitrogen and oxygen atoms in total. The van der Waals surface area contributed by atoms with Crippen LogP contribution in [0.25, 0.3) is 0 Å². The molecule has 0 saturated heterocycles. The third kappa shape index (κ3) is 26.9. The fourth-order valence-corrected chi connectivity index (χ4v) is 0.250. The number of rotatable bonds is 2. The summed E-state index contributed by atoms with van der Waals surface area (Å²) in [5.74, 6) is 0. The van der Waals surface area contributed by atoms with Crippen molar-refractivity contribution in [2.45, 2.75) is 13.8 Å². The van der Waals surface area contributed by atoms with Gasteiger partial charge in [-0.1, -0.05) is 13.8 Å². The minimum absolute atomic E-state index is 0.472. The van der Waals surface area contributed by atoms with Gasteiger partial charge >= 0.3 is 35.3 Å². The van der Waals surface area contributed by atoms with Crippen molar-refractivity contribution in [2.75, 3.05) is 13.1 Å². The molecule has 0 saturated carbocycles. The van der Waals surface area contributed by atoms with Gasteiger partial charge in [0.1, 0.15) is 0 Å². The van der Waals surface area contributed by atoms with E-state index < -0.39 is 16.5 Å². The van der Waals surface area contributed by atoms with E-state index in [1.54, 1.807) is 0 Å². The molecule has 0 rings (SSSR count). The Labute approximate surface area is 67.5 Å². The van der Waals surface area contributed by atoms with Crippen LogP contribution in [0.15, 0.2) is 0 Å². The molecule has 8 heavy (non-hydrogen) atoms. The van der Waals surface area contributed by atoms with E-state index in [9.17, 15) is 0 Å². The fraction of sp³-hybridized carbons (Fsp3) is 1.00. The van der Waals surface area contributed by atoms with Crippen molar-refractivity contribution in [3.05, 3.63) is 0 Å². The third-order valence-corrected chi connectivity index (χ3v) is 0.500. The molecule has 1 N–H and O–H groups in total. The standard InChI is InChI=1S/C4H11N.2ClH.Pt/c1-3-5-4-2;;;/h5H,3-4H2,1-2H3;2*1H;/q;;;+2/p-2. The van der Waals surface area contributed by atoms with E-state index >= 15 is 0 Å². The number of hydrogen-bond acceptors (Lipinski definition) is 1. The van der Waals surface area contributed by atoms with Gasteiger partial charge in [0.2, 0.25) is 0 Å². The molecule has 0 radical (unpaired) electrons. The molecule has 0 atom stereocenters. The van der Waals surface area contributed by atoms with Gasteiger partial charge in [-0.2, -0.15) is 0 Å². The Morgan fingerprint density at radius 1 is 1.25 bits per heavy atom. The Hall–Kier alpha value is 1.23. The second-order valence-electron chi connectivity index (χ2n) is 1.00. The average molecular weight is 339 g/mol. The van der Waals surface area contributed by atoms with Gasteiger partial charge in [0.15, 0.2) is 0 Å². The molecule has 0 unspecified atom stereocenters. The molecule has 0 aliphatic heterocycles. The predicted octanol–water partition coefficient (Wildman–Crippen LogP) is 1.99. The molecule has 56 valence electrons. The maximum absolute atomic E-state index is 4.88. The van der Waals surface area contributed by atoms with Crippen LogP contribution < -0.4 is 5.32 Å². The zero-order valence-corrected chi connectivity index (χ0v) is 8.77. The molecule has 0 aromatic carbocycles.